The first-order valence-corrected chi connectivity index (χ1v) is 7.57. The molecule has 0 spiro atoms. The molecule has 0 aliphatic rings. The largest absolute Gasteiger partial charge is 0.327 e. The van der Waals surface area contributed by atoms with Gasteiger partial charge in [-0.15, -0.1) is 26.3 Å². The van der Waals surface area contributed by atoms with Crippen molar-refractivity contribution >= 4 is 8.07 Å². The van der Waals surface area contributed by atoms with E-state index in [0.717, 1.165) is 18.1 Å². The molecule has 2 heteroatoms. The molecule has 0 saturated carbocycles. The molecule has 0 aromatic carbocycles. The highest BCUT2D eigenvalue weighted by Crippen LogP contribution is 2.25. The zero-order valence-corrected chi connectivity index (χ0v) is 9.91. The second-order valence-electron chi connectivity index (χ2n) is 3.60. The fraction of sp³-hybridized carbons (Fsp3) is 0.333. The summed E-state index contributed by atoms with van der Waals surface area (Å²) in [6.45, 7) is 15.2. The van der Waals surface area contributed by atoms with Crippen molar-refractivity contribution in [3.63, 3.8) is 0 Å². The van der Waals surface area contributed by atoms with E-state index < -0.39 is 8.07 Å². The lowest BCUT2D eigenvalue weighted by Gasteiger charge is -2.33. The standard InChI is InChI=1S/C12H21NSi/c1-5-9-14(10-6-2,11-7-3)12(13)8-4/h5-8,12H,1-4,9-11,13H2. The molecule has 1 atom stereocenters. The molecule has 0 fully saturated rings. The fourth-order valence-corrected chi connectivity index (χ4v) is 5.31. The van der Waals surface area contributed by atoms with Gasteiger partial charge in [0.05, 0.1) is 8.07 Å². The van der Waals surface area contributed by atoms with Gasteiger partial charge in [-0.2, -0.15) is 0 Å². The van der Waals surface area contributed by atoms with E-state index in [2.05, 4.69) is 26.3 Å². The van der Waals surface area contributed by atoms with Crippen molar-refractivity contribution in [3.05, 3.63) is 50.6 Å². The molecule has 14 heavy (non-hydrogen) atoms. The van der Waals surface area contributed by atoms with Gasteiger partial charge in [-0.25, -0.2) is 0 Å². The molecule has 0 aliphatic carbocycles. The molecule has 1 nitrogen and oxygen atoms in total. The zero-order chi connectivity index (χ0) is 11.0. The van der Waals surface area contributed by atoms with Gasteiger partial charge in [-0.05, 0) is 18.1 Å². The van der Waals surface area contributed by atoms with E-state index >= 15 is 0 Å². The van der Waals surface area contributed by atoms with E-state index in [1.54, 1.807) is 0 Å². The van der Waals surface area contributed by atoms with Crippen LogP contribution in [0.2, 0.25) is 18.1 Å². The molecule has 0 radical (unpaired) electrons. The number of nitrogens with two attached hydrogens (primary N) is 1. The molecule has 2 N–H and O–H groups in total. The van der Waals surface area contributed by atoms with E-state index in [1.165, 1.54) is 0 Å². The number of allylic oxidation sites excluding steroid dienone is 3. The van der Waals surface area contributed by atoms with Crippen molar-refractivity contribution in [2.45, 2.75) is 23.8 Å². The van der Waals surface area contributed by atoms with Crippen molar-refractivity contribution in [1.29, 1.82) is 0 Å². The van der Waals surface area contributed by atoms with Crippen LogP contribution in [0.1, 0.15) is 0 Å². The Morgan fingerprint density at radius 2 is 1.29 bits per heavy atom. The second-order valence-corrected chi connectivity index (χ2v) is 8.22. The van der Waals surface area contributed by atoms with Gasteiger partial charge in [-0.1, -0.05) is 24.3 Å². The summed E-state index contributed by atoms with van der Waals surface area (Å²) in [5.74, 6) is 0. The summed E-state index contributed by atoms with van der Waals surface area (Å²) in [5.41, 5.74) is 6.20. The third kappa shape index (κ3) is 3.12. The van der Waals surface area contributed by atoms with E-state index in [0.29, 0.717) is 0 Å². The van der Waals surface area contributed by atoms with E-state index in [9.17, 15) is 0 Å². The average molecular weight is 207 g/mol. The summed E-state index contributed by atoms with van der Waals surface area (Å²) in [6, 6.07) is 2.99. The van der Waals surface area contributed by atoms with Crippen LogP contribution in [0.5, 0.6) is 0 Å². The lowest BCUT2D eigenvalue weighted by Crippen LogP contribution is -2.50. The summed E-state index contributed by atoms with van der Waals surface area (Å²) >= 11 is 0. The maximum atomic E-state index is 6.11. The van der Waals surface area contributed by atoms with Crippen LogP contribution in [0, 0.1) is 0 Å². The molecular weight excluding hydrogens is 186 g/mol. The van der Waals surface area contributed by atoms with Crippen molar-refractivity contribution in [3.8, 4) is 0 Å². The second kappa shape index (κ2) is 6.57. The van der Waals surface area contributed by atoms with Gasteiger partial charge in [0.15, 0.2) is 0 Å². The predicted octanol–water partition coefficient (Wildman–Crippen LogP) is 3.05. The molecule has 78 valence electrons. The van der Waals surface area contributed by atoms with Gasteiger partial charge in [0, 0.05) is 5.67 Å². The summed E-state index contributed by atoms with van der Waals surface area (Å²) in [4.78, 5) is 0. The van der Waals surface area contributed by atoms with Crippen LogP contribution in [0.3, 0.4) is 0 Å². The molecule has 1 unspecified atom stereocenters. The fourth-order valence-electron chi connectivity index (χ4n) is 1.77. The SMILES string of the molecule is C=CC[Si](CC=C)(CC=C)C(N)C=C. The Kier molecular flexibility index (Phi) is 6.16. The first-order valence-electron chi connectivity index (χ1n) is 4.87. The lowest BCUT2D eigenvalue weighted by atomic mass is 10.6. The van der Waals surface area contributed by atoms with Gasteiger partial charge >= 0.3 is 0 Å². The van der Waals surface area contributed by atoms with Crippen molar-refractivity contribution in [1.82, 2.24) is 0 Å². The van der Waals surface area contributed by atoms with Crippen LogP contribution in [0.15, 0.2) is 50.6 Å². The maximum absolute atomic E-state index is 6.11. The summed E-state index contributed by atoms with van der Waals surface area (Å²) in [7, 11) is -1.59. The van der Waals surface area contributed by atoms with Gasteiger partial charge in [0.25, 0.3) is 0 Å². The summed E-state index contributed by atoms with van der Waals surface area (Å²) in [5, 5.41) is 0. The normalized spacial score (nSPS) is 12.9. The smallest absolute Gasteiger partial charge is 0.0882 e. The Balaban J connectivity index is 4.87. The summed E-state index contributed by atoms with van der Waals surface area (Å²) in [6.07, 6.45) is 7.73. The minimum atomic E-state index is -1.59. The number of rotatable bonds is 8. The van der Waals surface area contributed by atoms with Crippen LogP contribution in [-0.2, 0) is 0 Å². The van der Waals surface area contributed by atoms with Crippen LogP contribution in [0.4, 0.5) is 0 Å². The minimum Gasteiger partial charge on any atom is -0.327 e. The average Bonchev–Trinajstić information content (AvgIpc) is 2.17. The predicted molar refractivity (Wildman–Crippen MR) is 68.9 cm³/mol. The molecule has 0 aromatic heterocycles. The zero-order valence-electron chi connectivity index (χ0n) is 8.91. The third-order valence-corrected chi connectivity index (χ3v) is 7.57. The molecule has 0 amide bonds. The van der Waals surface area contributed by atoms with E-state index in [-0.39, 0.29) is 5.67 Å². The monoisotopic (exact) mass is 207 g/mol. The highest BCUT2D eigenvalue weighted by molar-refractivity contribution is 6.82. The van der Waals surface area contributed by atoms with E-state index in [4.69, 9.17) is 5.73 Å². The van der Waals surface area contributed by atoms with Gasteiger partial charge in [0.1, 0.15) is 0 Å². The van der Waals surface area contributed by atoms with Crippen LogP contribution >= 0.6 is 0 Å². The molecule has 0 aliphatic heterocycles. The number of hydrogen-bond donors (Lipinski definition) is 1. The maximum Gasteiger partial charge on any atom is 0.0882 e. The Hall–Kier alpha value is -0.863. The lowest BCUT2D eigenvalue weighted by molar-refractivity contribution is 1.04. The highest BCUT2D eigenvalue weighted by Gasteiger charge is 2.33. The Labute approximate surface area is 88.7 Å². The van der Waals surface area contributed by atoms with Crippen LogP contribution in [-0.4, -0.2) is 13.7 Å². The molecular formula is C12H21NSi. The Morgan fingerprint density at radius 1 is 0.929 bits per heavy atom. The molecule has 0 saturated heterocycles. The summed E-state index contributed by atoms with van der Waals surface area (Å²) < 4.78 is 0. The van der Waals surface area contributed by atoms with Gasteiger partial charge in [0.2, 0.25) is 0 Å². The van der Waals surface area contributed by atoms with Crippen molar-refractivity contribution < 1.29 is 0 Å². The van der Waals surface area contributed by atoms with Gasteiger partial charge < -0.3 is 5.73 Å². The van der Waals surface area contributed by atoms with Crippen molar-refractivity contribution in [2.24, 2.45) is 5.73 Å². The molecule has 0 bridgehead atoms. The van der Waals surface area contributed by atoms with Gasteiger partial charge in [-0.3, -0.25) is 0 Å². The van der Waals surface area contributed by atoms with E-state index in [1.807, 2.05) is 24.3 Å². The highest BCUT2D eigenvalue weighted by atomic mass is 28.3. The van der Waals surface area contributed by atoms with Crippen molar-refractivity contribution in [2.75, 3.05) is 0 Å². The minimum absolute atomic E-state index is 0.0940. The quantitative estimate of drug-likeness (QED) is 0.480. The molecule has 0 rings (SSSR count). The Morgan fingerprint density at radius 3 is 1.50 bits per heavy atom. The number of hydrogen-bond acceptors (Lipinski definition) is 1. The topological polar surface area (TPSA) is 26.0 Å². The Bertz CT molecular complexity index is 194. The molecule has 0 heterocycles. The van der Waals surface area contributed by atoms with Crippen LogP contribution in [0.25, 0.3) is 0 Å². The first-order chi connectivity index (χ1) is 6.66. The first kappa shape index (κ1) is 13.1. The third-order valence-electron chi connectivity index (χ3n) is 2.61. The van der Waals surface area contributed by atoms with Crippen LogP contribution < -0.4 is 5.73 Å². The molecule has 0 aromatic rings.